The number of allylic oxidation sites excluding steroid dienone is 12. The standard InChI is InChI=1S/C65H110O12/c1-4-7-10-13-16-19-21-23-25-27-29-31-33-35-37-40-42-45-48-51-57(66)73-54-56(75-58(67)52-49-46-43-39-18-15-12-9-6-3)55-74-65-63(61(70)60(69)62(77-65)64(71)72)76-59(68)53-50-47-44-41-38-36-34-32-30-28-26-24-22-20-17-14-11-8-5-2/h16-17,19-20,23-26,29-32,56,60-63,65,69-70H,4-15,18,21-22,27-28,33-55H2,1-3H3,(H,71,72)/b19-16-,20-17-,25-23-,26-24-,31-29-,32-30-. The Morgan fingerprint density at radius 2 is 0.779 bits per heavy atom. The van der Waals surface area contributed by atoms with Crippen molar-refractivity contribution in [3.05, 3.63) is 72.9 Å². The first-order chi connectivity index (χ1) is 37.6. The van der Waals surface area contributed by atoms with Crippen LogP contribution >= 0.6 is 0 Å². The zero-order valence-corrected chi connectivity index (χ0v) is 48.7. The van der Waals surface area contributed by atoms with Crippen LogP contribution in [0.1, 0.15) is 265 Å². The van der Waals surface area contributed by atoms with Gasteiger partial charge in [-0.1, -0.05) is 222 Å². The number of aliphatic hydroxyl groups excluding tert-OH is 2. The highest BCUT2D eigenvalue weighted by Gasteiger charge is 2.50. The highest BCUT2D eigenvalue weighted by Crippen LogP contribution is 2.26. The molecule has 442 valence electrons. The smallest absolute Gasteiger partial charge is 0.335 e. The molecule has 77 heavy (non-hydrogen) atoms. The topological polar surface area (TPSA) is 175 Å². The van der Waals surface area contributed by atoms with Crippen molar-refractivity contribution in [2.45, 2.75) is 302 Å². The second-order valence-corrected chi connectivity index (χ2v) is 21.0. The highest BCUT2D eigenvalue weighted by atomic mass is 16.7. The third-order valence-electron chi connectivity index (χ3n) is 13.8. The fourth-order valence-electron chi connectivity index (χ4n) is 8.97. The molecule has 6 atom stereocenters. The molecule has 6 unspecified atom stereocenters. The second-order valence-electron chi connectivity index (χ2n) is 21.0. The Hall–Kier alpha value is -3.84. The van der Waals surface area contributed by atoms with E-state index in [9.17, 15) is 34.5 Å². The lowest BCUT2D eigenvalue weighted by molar-refractivity contribution is -0.301. The van der Waals surface area contributed by atoms with Gasteiger partial charge >= 0.3 is 23.9 Å². The number of aliphatic carboxylic acids is 1. The maximum atomic E-state index is 13.1. The predicted molar refractivity (Wildman–Crippen MR) is 312 cm³/mol. The van der Waals surface area contributed by atoms with Gasteiger partial charge in [0.25, 0.3) is 0 Å². The minimum atomic E-state index is -1.91. The maximum Gasteiger partial charge on any atom is 0.335 e. The number of carboxylic acid groups (broad SMARTS) is 1. The van der Waals surface area contributed by atoms with Crippen molar-refractivity contribution in [3.8, 4) is 0 Å². The number of carboxylic acids is 1. The number of ether oxygens (including phenoxy) is 5. The molecule has 0 spiro atoms. The van der Waals surface area contributed by atoms with E-state index in [4.69, 9.17) is 23.7 Å². The highest BCUT2D eigenvalue weighted by molar-refractivity contribution is 5.74. The summed E-state index contributed by atoms with van der Waals surface area (Å²) in [4.78, 5) is 51.1. The number of esters is 3. The van der Waals surface area contributed by atoms with Gasteiger partial charge in [-0.05, 0) is 96.3 Å². The van der Waals surface area contributed by atoms with Crippen LogP contribution in [-0.2, 0) is 42.9 Å². The lowest BCUT2D eigenvalue weighted by Crippen LogP contribution is -2.61. The molecule has 1 heterocycles. The van der Waals surface area contributed by atoms with Crippen LogP contribution in [-0.4, -0.2) is 89.2 Å². The Morgan fingerprint density at radius 1 is 0.429 bits per heavy atom. The Labute approximate surface area is 468 Å². The van der Waals surface area contributed by atoms with Gasteiger partial charge in [0.15, 0.2) is 24.6 Å². The number of aliphatic hydroxyl groups is 2. The molecule has 12 heteroatoms. The minimum absolute atomic E-state index is 0.0438. The predicted octanol–water partition coefficient (Wildman–Crippen LogP) is 16.1. The molecule has 0 saturated carbocycles. The number of hydrogen-bond donors (Lipinski definition) is 3. The Balaban J connectivity index is 2.63. The van der Waals surface area contributed by atoms with Crippen LogP contribution in [0.4, 0.5) is 0 Å². The van der Waals surface area contributed by atoms with Crippen LogP contribution < -0.4 is 0 Å². The number of carbonyl (C=O) groups excluding carboxylic acids is 3. The van der Waals surface area contributed by atoms with Gasteiger partial charge < -0.3 is 39.0 Å². The van der Waals surface area contributed by atoms with Gasteiger partial charge in [-0.15, -0.1) is 0 Å². The molecule has 1 fully saturated rings. The summed E-state index contributed by atoms with van der Waals surface area (Å²) in [7, 11) is 0. The van der Waals surface area contributed by atoms with Crippen molar-refractivity contribution in [1.82, 2.24) is 0 Å². The molecule has 0 amide bonds. The lowest BCUT2D eigenvalue weighted by Gasteiger charge is -2.40. The molecule has 0 aromatic heterocycles. The van der Waals surface area contributed by atoms with Crippen LogP contribution in [0.5, 0.6) is 0 Å². The lowest BCUT2D eigenvalue weighted by atomic mass is 9.98. The Morgan fingerprint density at radius 3 is 1.21 bits per heavy atom. The molecule has 0 aromatic carbocycles. The van der Waals surface area contributed by atoms with E-state index >= 15 is 0 Å². The fraction of sp³-hybridized carbons (Fsp3) is 0.754. The van der Waals surface area contributed by atoms with E-state index in [2.05, 4.69) is 93.7 Å². The number of carbonyl (C=O) groups is 4. The largest absolute Gasteiger partial charge is 0.479 e. The van der Waals surface area contributed by atoms with Crippen molar-refractivity contribution in [2.24, 2.45) is 0 Å². The van der Waals surface area contributed by atoms with Crippen LogP contribution in [0.25, 0.3) is 0 Å². The zero-order valence-electron chi connectivity index (χ0n) is 48.7. The van der Waals surface area contributed by atoms with Crippen LogP contribution in [0.3, 0.4) is 0 Å². The summed E-state index contributed by atoms with van der Waals surface area (Å²) in [6.07, 6.45) is 54.4. The van der Waals surface area contributed by atoms with Gasteiger partial charge in [-0.2, -0.15) is 0 Å². The van der Waals surface area contributed by atoms with E-state index < -0.39 is 67.3 Å². The van der Waals surface area contributed by atoms with E-state index in [0.717, 1.165) is 122 Å². The SMILES string of the molecule is CCCCC/C=C\C/C=C\C/C=C\CCCCCCCCC(=O)OCC(COC1OC(C(=O)O)C(O)C(O)C1OC(=O)CCCCCCCC/C=C\C/C=C\C/C=C\CCCCC)OC(=O)CCCCCCCCCCC. The molecule has 1 saturated heterocycles. The van der Waals surface area contributed by atoms with Crippen molar-refractivity contribution >= 4 is 23.9 Å². The van der Waals surface area contributed by atoms with Gasteiger partial charge in [-0.3, -0.25) is 14.4 Å². The summed E-state index contributed by atoms with van der Waals surface area (Å²) in [5.41, 5.74) is 0. The summed E-state index contributed by atoms with van der Waals surface area (Å²) < 4.78 is 28.4. The molecular weight excluding hydrogens is 973 g/mol. The number of hydrogen-bond acceptors (Lipinski definition) is 11. The quantitative estimate of drug-likeness (QED) is 0.0228. The molecule has 0 radical (unpaired) electrons. The van der Waals surface area contributed by atoms with Gasteiger partial charge in [0.1, 0.15) is 18.8 Å². The zero-order chi connectivity index (χ0) is 56.1. The number of unbranched alkanes of at least 4 members (excludes halogenated alkanes) is 26. The molecule has 1 aliphatic heterocycles. The average molecular weight is 1080 g/mol. The van der Waals surface area contributed by atoms with Gasteiger partial charge in [0.05, 0.1) is 6.61 Å². The molecule has 1 rings (SSSR count). The molecule has 0 aliphatic carbocycles. The first-order valence-electron chi connectivity index (χ1n) is 30.9. The Kier molecular flexibility index (Phi) is 48.8. The van der Waals surface area contributed by atoms with E-state index in [1.807, 2.05) is 0 Å². The molecule has 1 aliphatic rings. The fourth-order valence-corrected chi connectivity index (χ4v) is 8.97. The van der Waals surface area contributed by atoms with Crippen molar-refractivity contribution in [2.75, 3.05) is 13.2 Å². The Bertz CT molecular complexity index is 1620. The molecule has 3 N–H and O–H groups in total. The maximum absolute atomic E-state index is 13.1. The third kappa shape index (κ3) is 42.7. The summed E-state index contributed by atoms with van der Waals surface area (Å²) in [5.74, 6) is -3.15. The monoisotopic (exact) mass is 1080 g/mol. The normalized spacial score (nSPS) is 18.5. The minimum Gasteiger partial charge on any atom is -0.479 e. The van der Waals surface area contributed by atoms with Crippen molar-refractivity contribution < 1.29 is 58.2 Å². The van der Waals surface area contributed by atoms with Crippen molar-refractivity contribution in [1.29, 1.82) is 0 Å². The second kappa shape index (κ2) is 52.8. The van der Waals surface area contributed by atoms with Gasteiger partial charge in [-0.25, -0.2) is 4.79 Å². The molecular formula is C65H110O12. The van der Waals surface area contributed by atoms with E-state index in [0.29, 0.717) is 19.3 Å². The van der Waals surface area contributed by atoms with E-state index in [1.165, 1.54) is 83.5 Å². The average Bonchev–Trinajstić information content (AvgIpc) is 3.42. The van der Waals surface area contributed by atoms with Crippen LogP contribution in [0.15, 0.2) is 72.9 Å². The summed E-state index contributed by atoms with van der Waals surface area (Å²) in [6, 6.07) is 0. The van der Waals surface area contributed by atoms with E-state index in [1.54, 1.807) is 0 Å². The summed E-state index contributed by atoms with van der Waals surface area (Å²) in [5, 5.41) is 31.5. The molecule has 0 bridgehead atoms. The van der Waals surface area contributed by atoms with Crippen LogP contribution in [0, 0.1) is 0 Å². The molecule has 12 nitrogen and oxygen atoms in total. The van der Waals surface area contributed by atoms with E-state index in [-0.39, 0.29) is 25.9 Å². The summed E-state index contributed by atoms with van der Waals surface area (Å²) >= 11 is 0. The summed E-state index contributed by atoms with van der Waals surface area (Å²) in [6.45, 7) is 5.91. The van der Waals surface area contributed by atoms with Gasteiger partial charge in [0.2, 0.25) is 0 Å². The van der Waals surface area contributed by atoms with Crippen LogP contribution in [0.2, 0.25) is 0 Å². The first kappa shape index (κ1) is 71.2. The number of rotatable bonds is 52. The first-order valence-corrected chi connectivity index (χ1v) is 30.9. The van der Waals surface area contributed by atoms with Gasteiger partial charge in [0, 0.05) is 19.3 Å². The molecule has 0 aromatic rings. The third-order valence-corrected chi connectivity index (χ3v) is 13.8. The van der Waals surface area contributed by atoms with Crippen molar-refractivity contribution in [3.63, 3.8) is 0 Å².